The van der Waals surface area contributed by atoms with E-state index in [0.717, 1.165) is 0 Å². The Morgan fingerprint density at radius 1 is 1.08 bits per heavy atom. The molecule has 0 rings (SSSR count). The molecule has 0 fully saturated rings. The Hall–Kier alpha value is -1.81. The Bertz CT molecular complexity index is 471. The molecule has 10 heteroatoms. The molecule has 0 spiro atoms. The normalized spacial score (nSPS) is 14.5. The van der Waals surface area contributed by atoms with Gasteiger partial charge < -0.3 is 26.6 Å². The summed E-state index contributed by atoms with van der Waals surface area (Å²) >= 11 is 1.50. The highest BCUT2D eigenvalue weighted by molar-refractivity contribution is 7.98. The topological polar surface area (TPSA) is 159 Å². The number of carbonyl (C=O) groups excluding carboxylic acids is 2. The zero-order chi connectivity index (χ0) is 18.9. The SMILES string of the molecule is CSCCC(N)C(=O)NC(CC(=O)O)C(=O)NC(C(=O)O)C(C)C. The van der Waals surface area contributed by atoms with E-state index >= 15 is 0 Å². The van der Waals surface area contributed by atoms with Gasteiger partial charge in [0.1, 0.15) is 12.1 Å². The fraction of sp³-hybridized carbons (Fsp3) is 0.714. The Balaban J connectivity index is 4.98. The molecule has 0 bridgehead atoms. The number of nitrogens with two attached hydrogens (primary N) is 1. The van der Waals surface area contributed by atoms with Crippen LogP contribution in [0, 0.1) is 5.92 Å². The van der Waals surface area contributed by atoms with Gasteiger partial charge in [-0.25, -0.2) is 4.79 Å². The van der Waals surface area contributed by atoms with Crippen LogP contribution in [0.15, 0.2) is 0 Å². The van der Waals surface area contributed by atoms with Gasteiger partial charge in [0.25, 0.3) is 0 Å². The van der Waals surface area contributed by atoms with E-state index < -0.39 is 54.2 Å². The lowest BCUT2D eigenvalue weighted by atomic mass is 10.0. The van der Waals surface area contributed by atoms with E-state index in [9.17, 15) is 19.2 Å². The Morgan fingerprint density at radius 2 is 1.67 bits per heavy atom. The first-order valence-electron chi connectivity index (χ1n) is 7.40. The van der Waals surface area contributed by atoms with Gasteiger partial charge in [0.2, 0.25) is 11.8 Å². The summed E-state index contributed by atoms with van der Waals surface area (Å²) in [6.45, 7) is 3.20. The third kappa shape index (κ3) is 8.16. The summed E-state index contributed by atoms with van der Waals surface area (Å²) < 4.78 is 0. The number of hydrogen-bond acceptors (Lipinski definition) is 6. The molecular formula is C14H25N3O6S. The summed E-state index contributed by atoms with van der Waals surface area (Å²) in [5, 5.41) is 22.5. The standard InChI is InChI=1S/C14H25N3O6S/c1-7(2)11(14(22)23)17-13(21)9(6-10(18)19)16-12(20)8(15)4-5-24-3/h7-9,11H,4-6,15H2,1-3H3,(H,16,20)(H,17,21)(H,18,19)(H,22,23). The maximum Gasteiger partial charge on any atom is 0.326 e. The third-order valence-corrected chi connectivity index (χ3v) is 3.86. The predicted octanol–water partition coefficient (Wildman–Crippen LogP) is -0.748. The van der Waals surface area contributed by atoms with Gasteiger partial charge in [-0.2, -0.15) is 11.8 Å². The van der Waals surface area contributed by atoms with Crippen molar-refractivity contribution in [2.45, 2.75) is 44.8 Å². The number of thioether (sulfide) groups is 1. The van der Waals surface area contributed by atoms with Crippen molar-refractivity contribution in [3.8, 4) is 0 Å². The number of hydrogen-bond donors (Lipinski definition) is 5. The van der Waals surface area contributed by atoms with Crippen molar-refractivity contribution in [1.29, 1.82) is 0 Å². The lowest BCUT2D eigenvalue weighted by Gasteiger charge is -2.23. The Morgan fingerprint density at radius 3 is 2.08 bits per heavy atom. The van der Waals surface area contributed by atoms with Crippen LogP contribution in [0.5, 0.6) is 0 Å². The Labute approximate surface area is 144 Å². The van der Waals surface area contributed by atoms with E-state index in [1.54, 1.807) is 13.8 Å². The molecule has 0 aliphatic carbocycles. The summed E-state index contributed by atoms with van der Waals surface area (Å²) in [7, 11) is 0. The molecule has 0 saturated heterocycles. The number of rotatable bonds is 11. The van der Waals surface area contributed by atoms with Crippen LogP contribution in [-0.4, -0.2) is 64.1 Å². The molecule has 3 atom stereocenters. The minimum absolute atomic E-state index is 0.373. The molecule has 6 N–H and O–H groups in total. The van der Waals surface area contributed by atoms with Crippen LogP contribution in [0.4, 0.5) is 0 Å². The van der Waals surface area contributed by atoms with Crippen molar-refractivity contribution in [2.24, 2.45) is 11.7 Å². The third-order valence-electron chi connectivity index (χ3n) is 3.21. The minimum atomic E-state index is -1.39. The maximum absolute atomic E-state index is 12.2. The lowest BCUT2D eigenvalue weighted by Crippen LogP contribution is -2.56. The first-order chi connectivity index (χ1) is 11.1. The smallest absolute Gasteiger partial charge is 0.326 e. The van der Waals surface area contributed by atoms with Gasteiger partial charge in [0.05, 0.1) is 12.5 Å². The molecule has 0 radical (unpaired) electrons. The molecule has 2 amide bonds. The lowest BCUT2D eigenvalue weighted by molar-refractivity contribution is -0.144. The van der Waals surface area contributed by atoms with Gasteiger partial charge in [-0.3, -0.25) is 14.4 Å². The van der Waals surface area contributed by atoms with Crippen LogP contribution in [0.3, 0.4) is 0 Å². The van der Waals surface area contributed by atoms with Crippen LogP contribution >= 0.6 is 11.8 Å². The zero-order valence-electron chi connectivity index (χ0n) is 13.9. The highest BCUT2D eigenvalue weighted by atomic mass is 32.2. The van der Waals surface area contributed by atoms with Crippen molar-refractivity contribution in [1.82, 2.24) is 10.6 Å². The second-order valence-electron chi connectivity index (χ2n) is 5.62. The van der Waals surface area contributed by atoms with E-state index in [0.29, 0.717) is 12.2 Å². The second kappa shape index (κ2) is 10.9. The predicted molar refractivity (Wildman–Crippen MR) is 89.6 cm³/mol. The quantitative estimate of drug-likeness (QED) is 0.321. The molecule has 0 aromatic heterocycles. The molecule has 24 heavy (non-hydrogen) atoms. The van der Waals surface area contributed by atoms with Gasteiger partial charge in [-0.05, 0) is 24.3 Å². The van der Waals surface area contributed by atoms with Crippen LogP contribution < -0.4 is 16.4 Å². The van der Waals surface area contributed by atoms with Gasteiger partial charge >= 0.3 is 11.9 Å². The highest BCUT2D eigenvalue weighted by Gasteiger charge is 2.30. The number of nitrogens with one attached hydrogen (secondary N) is 2. The van der Waals surface area contributed by atoms with Crippen molar-refractivity contribution >= 4 is 35.5 Å². The summed E-state index contributed by atoms with van der Waals surface area (Å²) in [6.07, 6.45) is 1.55. The maximum atomic E-state index is 12.2. The molecule has 0 aromatic rings. The molecule has 0 aliphatic rings. The minimum Gasteiger partial charge on any atom is -0.481 e. The van der Waals surface area contributed by atoms with Crippen molar-refractivity contribution in [2.75, 3.05) is 12.0 Å². The van der Waals surface area contributed by atoms with Crippen molar-refractivity contribution in [3.63, 3.8) is 0 Å². The number of carboxylic acid groups (broad SMARTS) is 2. The van der Waals surface area contributed by atoms with Crippen LogP contribution in [0.25, 0.3) is 0 Å². The molecule has 138 valence electrons. The number of aliphatic carboxylic acids is 2. The number of amides is 2. The van der Waals surface area contributed by atoms with E-state index in [-0.39, 0.29) is 0 Å². The van der Waals surface area contributed by atoms with Gasteiger partial charge in [-0.1, -0.05) is 13.8 Å². The van der Waals surface area contributed by atoms with Crippen LogP contribution in [0.2, 0.25) is 0 Å². The molecule has 0 aromatic carbocycles. The largest absolute Gasteiger partial charge is 0.481 e. The average Bonchev–Trinajstić information content (AvgIpc) is 2.47. The van der Waals surface area contributed by atoms with Gasteiger partial charge in [0.15, 0.2) is 0 Å². The molecule has 9 nitrogen and oxygen atoms in total. The molecule has 0 heterocycles. The summed E-state index contributed by atoms with van der Waals surface area (Å²) in [4.78, 5) is 46.2. The summed E-state index contributed by atoms with van der Waals surface area (Å²) in [5.41, 5.74) is 5.68. The molecule has 3 unspecified atom stereocenters. The summed E-state index contributed by atoms with van der Waals surface area (Å²) in [6, 6.07) is -3.45. The van der Waals surface area contributed by atoms with Gasteiger partial charge in [-0.15, -0.1) is 0 Å². The van der Waals surface area contributed by atoms with E-state index in [1.165, 1.54) is 11.8 Å². The van der Waals surface area contributed by atoms with Gasteiger partial charge in [0, 0.05) is 0 Å². The van der Waals surface area contributed by atoms with E-state index in [4.69, 9.17) is 15.9 Å². The number of carboxylic acids is 2. The van der Waals surface area contributed by atoms with Crippen molar-refractivity contribution < 1.29 is 29.4 Å². The number of carbonyl (C=O) groups is 4. The first kappa shape index (κ1) is 22.2. The first-order valence-corrected chi connectivity index (χ1v) is 8.79. The van der Waals surface area contributed by atoms with Crippen LogP contribution in [-0.2, 0) is 19.2 Å². The van der Waals surface area contributed by atoms with E-state index in [1.807, 2.05) is 6.26 Å². The fourth-order valence-electron chi connectivity index (χ4n) is 1.81. The van der Waals surface area contributed by atoms with E-state index in [2.05, 4.69) is 10.6 Å². The molecular weight excluding hydrogens is 338 g/mol. The zero-order valence-corrected chi connectivity index (χ0v) is 14.8. The molecule has 0 aliphatic heterocycles. The molecule has 0 saturated carbocycles. The average molecular weight is 363 g/mol. The Kier molecular flexibility index (Phi) is 10.0. The highest BCUT2D eigenvalue weighted by Crippen LogP contribution is 2.05. The monoisotopic (exact) mass is 363 g/mol. The van der Waals surface area contributed by atoms with Crippen molar-refractivity contribution in [3.05, 3.63) is 0 Å². The fourth-order valence-corrected chi connectivity index (χ4v) is 2.30. The summed E-state index contributed by atoms with van der Waals surface area (Å²) in [5.74, 6) is -3.83. The van der Waals surface area contributed by atoms with Crippen LogP contribution in [0.1, 0.15) is 26.7 Å². The second-order valence-corrected chi connectivity index (χ2v) is 6.60.